The Bertz CT molecular complexity index is 893. The zero-order valence-corrected chi connectivity index (χ0v) is 39.5. The van der Waals surface area contributed by atoms with Crippen LogP contribution in [0.1, 0.15) is 277 Å². The van der Waals surface area contributed by atoms with Gasteiger partial charge in [0.2, 0.25) is 5.91 Å². The van der Waals surface area contributed by atoms with Gasteiger partial charge in [-0.1, -0.05) is 250 Å². The molecule has 0 aliphatic heterocycles. The number of aliphatic hydroxyl groups is 4. The number of hydrogen-bond donors (Lipinski definition) is 5. The third kappa shape index (κ3) is 41.9. The predicted molar refractivity (Wildman–Crippen MR) is 256 cm³/mol. The fourth-order valence-corrected chi connectivity index (χ4v) is 8.25. The first-order valence-electron chi connectivity index (χ1n) is 26.2. The summed E-state index contributed by atoms with van der Waals surface area (Å²) in [6.45, 7) is 4.07. The average molecular weight is 834 g/mol. The van der Waals surface area contributed by atoms with Crippen LogP contribution in [0.3, 0.4) is 0 Å². The number of carbonyl (C=O) groups excluding carboxylic acids is 1. The average Bonchev–Trinajstić information content (AvgIpc) is 3.24. The van der Waals surface area contributed by atoms with E-state index in [1.165, 1.54) is 205 Å². The van der Waals surface area contributed by atoms with Gasteiger partial charge < -0.3 is 25.7 Å². The van der Waals surface area contributed by atoms with Crippen molar-refractivity contribution in [3.05, 3.63) is 24.3 Å². The molecule has 0 radical (unpaired) electrons. The quantitative estimate of drug-likeness (QED) is 0.0310. The summed E-state index contributed by atoms with van der Waals surface area (Å²) in [7, 11) is 0. The predicted octanol–water partition coefficient (Wildman–Crippen LogP) is 14.7. The molecule has 0 spiro atoms. The SMILES string of the molecule is CCCCCCCCCCCCC/C=C/CC/C=C/CCCC(O)C(O)C(CO)NC(=O)C(O)CCCCCCCCCCCCCCCCCCCCCCCCC. The molecule has 4 unspecified atom stereocenters. The zero-order valence-electron chi connectivity index (χ0n) is 39.5. The van der Waals surface area contributed by atoms with Gasteiger partial charge in [-0.15, -0.1) is 0 Å². The maximum absolute atomic E-state index is 12.6. The summed E-state index contributed by atoms with van der Waals surface area (Å²) in [5, 5.41) is 43.9. The Balaban J connectivity index is 3.69. The van der Waals surface area contributed by atoms with Gasteiger partial charge in [-0.25, -0.2) is 0 Å². The molecule has 5 N–H and O–H groups in total. The number of carbonyl (C=O) groups is 1. The maximum Gasteiger partial charge on any atom is 0.249 e. The first-order chi connectivity index (χ1) is 29.0. The topological polar surface area (TPSA) is 110 Å². The minimum Gasteiger partial charge on any atom is -0.394 e. The molecule has 0 rings (SSSR count). The maximum atomic E-state index is 12.6. The van der Waals surface area contributed by atoms with Crippen LogP contribution in [0.2, 0.25) is 0 Å². The van der Waals surface area contributed by atoms with Gasteiger partial charge in [0.1, 0.15) is 12.2 Å². The second-order valence-electron chi connectivity index (χ2n) is 18.2. The first-order valence-corrected chi connectivity index (χ1v) is 26.2. The van der Waals surface area contributed by atoms with Crippen molar-refractivity contribution in [1.82, 2.24) is 5.32 Å². The van der Waals surface area contributed by atoms with Gasteiger partial charge in [-0.2, -0.15) is 0 Å². The van der Waals surface area contributed by atoms with E-state index >= 15 is 0 Å². The molecule has 0 saturated carbocycles. The van der Waals surface area contributed by atoms with Crippen LogP contribution in [0.15, 0.2) is 24.3 Å². The smallest absolute Gasteiger partial charge is 0.249 e. The lowest BCUT2D eigenvalue weighted by Crippen LogP contribution is -2.53. The van der Waals surface area contributed by atoms with E-state index in [1.54, 1.807) is 0 Å². The monoisotopic (exact) mass is 834 g/mol. The van der Waals surface area contributed by atoms with Gasteiger partial charge in [-0.3, -0.25) is 4.79 Å². The Kier molecular flexibility index (Phi) is 46.9. The lowest BCUT2D eigenvalue weighted by molar-refractivity contribution is -0.132. The lowest BCUT2D eigenvalue weighted by atomic mass is 10.00. The van der Waals surface area contributed by atoms with E-state index in [-0.39, 0.29) is 0 Å². The zero-order chi connectivity index (χ0) is 43.1. The fraction of sp³-hybridized carbons (Fsp3) is 0.906. The van der Waals surface area contributed by atoms with Crippen molar-refractivity contribution in [3.63, 3.8) is 0 Å². The van der Waals surface area contributed by atoms with Crippen LogP contribution in [0.25, 0.3) is 0 Å². The molecule has 0 aliphatic rings. The van der Waals surface area contributed by atoms with Crippen molar-refractivity contribution >= 4 is 5.91 Å². The standard InChI is InChI=1S/C53H103NO5/c1-3-5-7-9-11-13-15-17-19-21-23-25-26-27-29-31-33-35-37-39-41-43-45-47-51(57)53(59)54-49(48-55)52(58)50(56)46-44-42-40-38-36-34-32-30-28-24-22-20-18-16-14-12-10-8-6-4-2/h30,32,38,40,49-52,55-58H,3-29,31,33-37,39,41-48H2,1-2H3,(H,54,59)/b32-30+,40-38+. The summed E-state index contributed by atoms with van der Waals surface area (Å²) in [6.07, 6.45) is 56.6. The van der Waals surface area contributed by atoms with Crippen molar-refractivity contribution in [2.24, 2.45) is 0 Å². The van der Waals surface area contributed by atoms with E-state index < -0.39 is 36.9 Å². The molecule has 59 heavy (non-hydrogen) atoms. The molecule has 0 aromatic heterocycles. The Morgan fingerprint density at radius 1 is 0.407 bits per heavy atom. The molecule has 6 heteroatoms. The lowest BCUT2D eigenvalue weighted by Gasteiger charge is -2.27. The third-order valence-electron chi connectivity index (χ3n) is 12.4. The minimum atomic E-state index is -1.29. The molecule has 1 amide bonds. The van der Waals surface area contributed by atoms with E-state index in [2.05, 4.69) is 43.5 Å². The van der Waals surface area contributed by atoms with E-state index in [0.717, 1.165) is 38.5 Å². The Hall–Kier alpha value is -1.21. The molecule has 0 heterocycles. The number of aliphatic hydroxyl groups excluding tert-OH is 4. The number of unbranched alkanes of at least 4 members (excludes halogenated alkanes) is 35. The van der Waals surface area contributed by atoms with Gasteiger partial charge in [0, 0.05) is 0 Å². The van der Waals surface area contributed by atoms with E-state index in [4.69, 9.17) is 0 Å². The van der Waals surface area contributed by atoms with Crippen molar-refractivity contribution in [3.8, 4) is 0 Å². The molecular weight excluding hydrogens is 731 g/mol. The molecule has 350 valence electrons. The summed E-state index contributed by atoms with van der Waals surface area (Å²) in [6, 6.07) is -1.01. The van der Waals surface area contributed by atoms with Crippen LogP contribution in [-0.2, 0) is 4.79 Å². The second-order valence-corrected chi connectivity index (χ2v) is 18.2. The van der Waals surface area contributed by atoms with Crippen LogP contribution >= 0.6 is 0 Å². The van der Waals surface area contributed by atoms with E-state index in [0.29, 0.717) is 19.3 Å². The highest BCUT2D eigenvalue weighted by Crippen LogP contribution is 2.17. The van der Waals surface area contributed by atoms with Crippen LogP contribution in [-0.4, -0.2) is 57.3 Å². The Morgan fingerprint density at radius 3 is 1.07 bits per heavy atom. The summed E-state index contributed by atoms with van der Waals surface area (Å²) >= 11 is 0. The van der Waals surface area contributed by atoms with Crippen molar-refractivity contribution in [2.45, 2.75) is 301 Å². The number of hydrogen-bond acceptors (Lipinski definition) is 5. The molecule has 0 aromatic carbocycles. The van der Waals surface area contributed by atoms with E-state index in [1.807, 2.05) is 0 Å². The van der Waals surface area contributed by atoms with Crippen molar-refractivity contribution in [2.75, 3.05) is 6.61 Å². The van der Waals surface area contributed by atoms with Gasteiger partial charge in [0.15, 0.2) is 0 Å². The number of rotatable bonds is 48. The highest BCUT2D eigenvalue weighted by molar-refractivity contribution is 5.80. The van der Waals surface area contributed by atoms with Crippen molar-refractivity contribution in [1.29, 1.82) is 0 Å². The van der Waals surface area contributed by atoms with Crippen LogP contribution in [0.5, 0.6) is 0 Å². The summed E-state index contributed by atoms with van der Waals surface area (Å²) in [4.78, 5) is 12.6. The highest BCUT2D eigenvalue weighted by atomic mass is 16.3. The third-order valence-corrected chi connectivity index (χ3v) is 12.4. The second kappa shape index (κ2) is 47.8. The van der Waals surface area contributed by atoms with Crippen LogP contribution in [0.4, 0.5) is 0 Å². The van der Waals surface area contributed by atoms with Gasteiger partial charge >= 0.3 is 0 Å². The molecule has 0 aromatic rings. The molecule has 0 fully saturated rings. The Labute approximate surface area is 367 Å². The largest absolute Gasteiger partial charge is 0.394 e. The number of amides is 1. The normalized spacial score (nSPS) is 14.1. The van der Waals surface area contributed by atoms with Crippen LogP contribution in [0, 0.1) is 0 Å². The molecule has 6 nitrogen and oxygen atoms in total. The minimum absolute atomic E-state index is 0.364. The summed E-state index contributed by atoms with van der Waals surface area (Å²) in [5.41, 5.74) is 0. The van der Waals surface area contributed by atoms with Gasteiger partial charge in [0.05, 0.1) is 18.8 Å². The fourth-order valence-electron chi connectivity index (χ4n) is 8.25. The summed E-state index contributed by atoms with van der Waals surface area (Å²) < 4.78 is 0. The molecule has 0 saturated heterocycles. The van der Waals surface area contributed by atoms with Crippen molar-refractivity contribution < 1.29 is 25.2 Å². The first kappa shape index (κ1) is 57.8. The summed E-state index contributed by atoms with van der Waals surface area (Å²) in [5.74, 6) is -0.593. The molecule has 0 bridgehead atoms. The number of allylic oxidation sites excluding steroid dienone is 4. The molecule has 0 aliphatic carbocycles. The number of nitrogens with one attached hydrogen (secondary N) is 1. The van der Waals surface area contributed by atoms with Gasteiger partial charge in [0.25, 0.3) is 0 Å². The molecule has 4 atom stereocenters. The molecular formula is C53H103NO5. The van der Waals surface area contributed by atoms with Crippen LogP contribution < -0.4 is 5.32 Å². The van der Waals surface area contributed by atoms with E-state index in [9.17, 15) is 25.2 Å². The Morgan fingerprint density at radius 2 is 0.712 bits per heavy atom. The van der Waals surface area contributed by atoms with Gasteiger partial charge in [-0.05, 0) is 51.4 Å². The highest BCUT2D eigenvalue weighted by Gasteiger charge is 2.28.